The fourth-order valence-corrected chi connectivity index (χ4v) is 1.24. The van der Waals surface area contributed by atoms with Gasteiger partial charge in [0.05, 0.1) is 14.2 Å². The molecule has 1 heterocycles. The normalized spacial score (nSPS) is 9.58. The van der Waals surface area contributed by atoms with Crippen LogP contribution in [0.4, 0.5) is 5.69 Å². The van der Waals surface area contributed by atoms with Gasteiger partial charge in [-0.2, -0.15) is 4.98 Å². The van der Waals surface area contributed by atoms with Crippen LogP contribution in [0.15, 0.2) is 6.07 Å². The molecule has 1 rings (SSSR count). The van der Waals surface area contributed by atoms with Gasteiger partial charge in [-0.25, -0.2) is 0 Å². The van der Waals surface area contributed by atoms with Crippen LogP contribution in [-0.2, 0) is 0 Å². The van der Waals surface area contributed by atoms with Crippen LogP contribution in [0.3, 0.4) is 0 Å². The summed E-state index contributed by atoms with van der Waals surface area (Å²) in [5, 5.41) is 0. The van der Waals surface area contributed by atoms with Crippen molar-refractivity contribution in [1.29, 1.82) is 0 Å². The van der Waals surface area contributed by atoms with Crippen molar-refractivity contribution in [2.45, 2.75) is 0 Å². The molecule has 1 aromatic rings. The number of hydrogen-bond donors (Lipinski definition) is 1. The van der Waals surface area contributed by atoms with Crippen molar-refractivity contribution in [3.05, 3.63) is 9.64 Å². The highest BCUT2D eigenvalue weighted by Crippen LogP contribution is 2.27. The molecule has 12 heavy (non-hydrogen) atoms. The maximum absolute atomic E-state index is 5.67. The Hall–Kier alpha value is -0.720. The van der Waals surface area contributed by atoms with Gasteiger partial charge in [0.2, 0.25) is 11.8 Å². The van der Waals surface area contributed by atoms with Crippen molar-refractivity contribution < 1.29 is 9.47 Å². The third-order valence-electron chi connectivity index (χ3n) is 1.35. The summed E-state index contributed by atoms with van der Waals surface area (Å²) in [7, 11) is 3.07. The summed E-state index contributed by atoms with van der Waals surface area (Å²) >= 11 is 2.10. The Morgan fingerprint density at radius 3 is 2.58 bits per heavy atom. The zero-order chi connectivity index (χ0) is 9.14. The van der Waals surface area contributed by atoms with E-state index in [1.54, 1.807) is 13.2 Å². The van der Waals surface area contributed by atoms with Gasteiger partial charge in [-0.3, -0.25) is 0 Å². The molecule has 4 nitrogen and oxygen atoms in total. The van der Waals surface area contributed by atoms with E-state index in [0.29, 0.717) is 17.4 Å². The summed E-state index contributed by atoms with van der Waals surface area (Å²) in [6.45, 7) is 0. The zero-order valence-electron chi connectivity index (χ0n) is 6.80. The smallest absolute Gasteiger partial charge is 0.241 e. The van der Waals surface area contributed by atoms with E-state index in [-0.39, 0.29) is 0 Å². The number of nitrogen functional groups attached to an aromatic ring is 1. The molecule has 66 valence electrons. The Balaban J connectivity index is 3.19. The Kier molecular flexibility index (Phi) is 2.96. The van der Waals surface area contributed by atoms with E-state index < -0.39 is 0 Å². The van der Waals surface area contributed by atoms with Gasteiger partial charge in [-0.15, -0.1) is 0 Å². The number of nitrogens with zero attached hydrogens (tertiary/aromatic N) is 1. The number of ether oxygens (including phenoxy) is 2. The van der Waals surface area contributed by atoms with E-state index in [2.05, 4.69) is 27.6 Å². The molecule has 0 atom stereocenters. The number of pyridine rings is 1. The third kappa shape index (κ3) is 1.71. The van der Waals surface area contributed by atoms with E-state index in [0.717, 1.165) is 3.57 Å². The van der Waals surface area contributed by atoms with Crippen molar-refractivity contribution in [3.8, 4) is 11.8 Å². The fourth-order valence-electron chi connectivity index (χ4n) is 0.741. The average molecular weight is 280 g/mol. The SMILES string of the molecule is COc1cc(I)c(N)c(OC)n1. The summed E-state index contributed by atoms with van der Waals surface area (Å²) in [5.41, 5.74) is 6.21. The van der Waals surface area contributed by atoms with E-state index in [1.807, 2.05) is 0 Å². The molecule has 0 aliphatic heterocycles. The lowest BCUT2D eigenvalue weighted by molar-refractivity contribution is 0.365. The van der Waals surface area contributed by atoms with Crippen molar-refractivity contribution in [1.82, 2.24) is 4.98 Å². The molecule has 0 fully saturated rings. The molecule has 2 N–H and O–H groups in total. The van der Waals surface area contributed by atoms with E-state index in [1.165, 1.54) is 7.11 Å². The maximum Gasteiger partial charge on any atom is 0.241 e. The summed E-state index contributed by atoms with van der Waals surface area (Å²) in [4.78, 5) is 4.00. The molecule has 0 bridgehead atoms. The molecule has 0 aromatic carbocycles. The minimum absolute atomic E-state index is 0.402. The molecule has 0 aliphatic rings. The van der Waals surface area contributed by atoms with Gasteiger partial charge in [-0.1, -0.05) is 0 Å². The first kappa shape index (κ1) is 9.37. The van der Waals surface area contributed by atoms with E-state index in [4.69, 9.17) is 15.2 Å². The predicted molar refractivity (Wildman–Crippen MR) is 54.5 cm³/mol. The van der Waals surface area contributed by atoms with Gasteiger partial charge in [-0.05, 0) is 22.6 Å². The first-order valence-electron chi connectivity index (χ1n) is 3.23. The van der Waals surface area contributed by atoms with Gasteiger partial charge in [0.25, 0.3) is 0 Å². The molecule has 5 heteroatoms. The molecule has 0 spiro atoms. The molecular weight excluding hydrogens is 271 g/mol. The van der Waals surface area contributed by atoms with Crippen LogP contribution in [0.25, 0.3) is 0 Å². The molecule has 0 unspecified atom stereocenters. The number of halogens is 1. The average Bonchev–Trinajstić information content (AvgIpc) is 2.09. The fraction of sp³-hybridized carbons (Fsp3) is 0.286. The van der Waals surface area contributed by atoms with Crippen molar-refractivity contribution in [2.24, 2.45) is 0 Å². The lowest BCUT2D eigenvalue weighted by atomic mass is 10.4. The third-order valence-corrected chi connectivity index (χ3v) is 2.24. The number of hydrogen-bond acceptors (Lipinski definition) is 4. The molecule has 0 saturated carbocycles. The first-order chi connectivity index (χ1) is 5.69. The predicted octanol–water partition coefficient (Wildman–Crippen LogP) is 1.29. The number of rotatable bonds is 2. The van der Waals surface area contributed by atoms with Crippen LogP contribution in [0.1, 0.15) is 0 Å². The quantitative estimate of drug-likeness (QED) is 0.829. The lowest BCUT2D eigenvalue weighted by Gasteiger charge is -2.06. The summed E-state index contributed by atoms with van der Waals surface area (Å²) in [5.74, 6) is 0.907. The monoisotopic (exact) mass is 280 g/mol. The number of methoxy groups -OCH3 is 2. The lowest BCUT2D eigenvalue weighted by Crippen LogP contribution is -1.99. The van der Waals surface area contributed by atoms with Crippen molar-refractivity contribution in [2.75, 3.05) is 20.0 Å². The summed E-state index contributed by atoms with van der Waals surface area (Å²) in [6.07, 6.45) is 0. The zero-order valence-corrected chi connectivity index (χ0v) is 8.95. The molecule has 0 saturated heterocycles. The highest BCUT2D eigenvalue weighted by Gasteiger charge is 2.07. The number of nitrogens with two attached hydrogens (primary N) is 1. The van der Waals surface area contributed by atoms with Crippen LogP contribution in [0, 0.1) is 3.57 Å². The Labute approximate surface area is 84.2 Å². The minimum atomic E-state index is 0.402. The van der Waals surface area contributed by atoms with Crippen LogP contribution in [-0.4, -0.2) is 19.2 Å². The second-order valence-electron chi connectivity index (χ2n) is 2.07. The van der Waals surface area contributed by atoms with Gasteiger partial charge < -0.3 is 15.2 Å². The van der Waals surface area contributed by atoms with Gasteiger partial charge in [0.15, 0.2) is 0 Å². The Morgan fingerprint density at radius 1 is 1.42 bits per heavy atom. The number of anilines is 1. The van der Waals surface area contributed by atoms with Crippen LogP contribution in [0.2, 0.25) is 0 Å². The second-order valence-corrected chi connectivity index (χ2v) is 3.23. The topological polar surface area (TPSA) is 57.4 Å². The summed E-state index contributed by atoms with van der Waals surface area (Å²) in [6, 6.07) is 1.75. The molecular formula is C7H9IN2O2. The Morgan fingerprint density at radius 2 is 2.08 bits per heavy atom. The molecule has 0 aliphatic carbocycles. The van der Waals surface area contributed by atoms with Crippen LogP contribution < -0.4 is 15.2 Å². The standard InChI is InChI=1S/C7H9IN2O2/c1-11-5-3-4(8)6(9)7(10-5)12-2/h3H,9H2,1-2H3. The van der Waals surface area contributed by atoms with Crippen LogP contribution >= 0.6 is 22.6 Å². The van der Waals surface area contributed by atoms with Gasteiger partial charge >= 0.3 is 0 Å². The van der Waals surface area contributed by atoms with Gasteiger partial charge in [0.1, 0.15) is 5.69 Å². The largest absolute Gasteiger partial charge is 0.481 e. The molecule has 0 radical (unpaired) electrons. The van der Waals surface area contributed by atoms with E-state index >= 15 is 0 Å². The molecule has 1 aromatic heterocycles. The molecule has 0 amide bonds. The number of aromatic nitrogens is 1. The summed E-state index contributed by atoms with van der Waals surface area (Å²) < 4.78 is 10.8. The highest BCUT2D eigenvalue weighted by molar-refractivity contribution is 14.1. The van der Waals surface area contributed by atoms with Gasteiger partial charge in [0, 0.05) is 9.64 Å². The first-order valence-corrected chi connectivity index (χ1v) is 4.31. The van der Waals surface area contributed by atoms with Crippen LogP contribution in [0.5, 0.6) is 11.8 Å². The Bertz CT molecular complexity index is 291. The van der Waals surface area contributed by atoms with Crippen molar-refractivity contribution >= 4 is 28.3 Å². The minimum Gasteiger partial charge on any atom is -0.481 e. The highest BCUT2D eigenvalue weighted by atomic mass is 127. The second kappa shape index (κ2) is 3.79. The van der Waals surface area contributed by atoms with Crippen molar-refractivity contribution in [3.63, 3.8) is 0 Å². The maximum atomic E-state index is 5.67. The van der Waals surface area contributed by atoms with E-state index in [9.17, 15) is 0 Å².